The summed E-state index contributed by atoms with van der Waals surface area (Å²) in [4.78, 5) is 11.6. The minimum atomic E-state index is -0.890. The van der Waals surface area contributed by atoms with Crippen LogP contribution in [-0.2, 0) is 0 Å². The molecule has 2 N–H and O–H groups in total. The summed E-state index contributed by atoms with van der Waals surface area (Å²) in [6.45, 7) is -0.00375. The van der Waals surface area contributed by atoms with E-state index in [1.165, 1.54) is 12.3 Å². The Hall–Kier alpha value is -1.69. The van der Waals surface area contributed by atoms with Gasteiger partial charge in [0.25, 0.3) is 5.91 Å². The molecular formula is C14H13Cl2NO4. The number of rotatable bonds is 6. The van der Waals surface area contributed by atoms with Gasteiger partial charge >= 0.3 is 0 Å². The molecule has 7 heteroatoms. The number of aliphatic hydroxyl groups is 1. The number of furan rings is 1. The number of aliphatic hydroxyl groups excluding tert-OH is 1. The zero-order chi connectivity index (χ0) is 15.2. The maximum atomic E-state index is 11.6. The van der Waals surface area contributed by atoms with Crippen LogP contribution in [0.15, 0.2) is 41.0 Å². The third-order valence-electron chi connectivity index (χ3n) is 2.59. The minimum Gasteiger partial charge on any atom is -0.489 e. The second-order valence-corrected chi connectivity index (χ2v) is 4.99. The van der Waals surface area contributed by atoms with Crippen molar-refractivity contribution in [3.63, 3.8) is 0 Å². The monoisotopic (exact) mass is 329 g/mol. The summed E-state index contributed by atoms with van der Waals surface area (Å²) >= 11 is 11.8. The molecule has 21 heavy (non-hydrogen) atoms. The lowest BCUT2D eigenvalue weighted by Gasteiger charge is -2.14. The molecule has 112 valence electrons. The van der Waals surface area contributed by atoms with E-state index in [2.05, 4.69) is 5.32 Å². The molecule has 1 atom stereocenters. The van der Waals surface area contributed by atoms with Crippen molar-refractivity contribution in [2.75, 3.05) is 13.2 Å². The zero-order valence-corrected chi connectivity index (χ0v) is 12.4. The topological polar surface area (TPSA) is 71.7 Å². The van der Waals surface area contributed by atoms with Gasteiger partial charge in [0.15, 0.2) is 5.76 Å². The van der Waals surface area contributed by atoms with Gasteiger partial charge in [-0.25, -0.2) is 0 Å². The van der Waals surface area contributed by atoms with Crippen LogP contribution >= 0.6 is 23.2 Å². The van der Waals surface area contributed by atoms with Gasteiger partial charge in [-0.15, -0.1) is 0 Å². The van der Waals surface area contributed by atoms with Crippen LogP contribution < -0.4 is 10.1 Å². The van der Waals surface area contributed by atoms with Gasteiger partial charge in [0.1, 0.15) is 23.5 Å². The summed E-state index contributed by atoms with van der Waals surface area (Å²) < 4.78 is 10.3. The van der Waals surface area contributed by atoms with Crippen molar-refractivity contribution in [2.45, 2.75) is 6.10 Å². The maximum absolute atomic E-state index is 11.6. The van der Waals surface area contributed by atoms with Crippen molar-refractivity contribution in [3.8, 4) is 5.75 Å². The van der Waals surface area contributed by atoms with Crippen molar-refractivity contribution >= 4 is 29.1 Å². The lowest BCUT2D eigenvalue weighted by Crippen LogP contribution is -2.35. The van der Waals surface area contributed by atoms with E-state index in [9.17, 15) is 9.90 Å². The Morgan fingerprint density at radius 3 is 2.86 bits per heavy atom. The Kier molecular flexibility index (Phi) is 5.50. The molecule has 1 aromatic heterocycles. The van der Waals surface area contributed by atoms with Gasteiger partial charge in [0.05, 0.1) is 11.3 Å². The number of benzene rings is 1. The lowest BCUT2D eigenvalue weighted by atomic mass is 10.3. The quantitative estimate of drug-likeness (QED) is 0.854. The first-order valence-corrected chi connectivity index (χ1v) is 6.90. The minimum absolute atomic E-state index is 0.0255. The van der Waals surface area contributed by atoms with E-state index >= 15 is 0 Å². The molecule has 0 aliphatic rings. The third-order valence-corrected chi connectivity index (χ3v) is 3.39. The van der Waals surface area contributed by atoms with E-state index in [1.54, 1.807) is 24.3 Å². The van der Waals surface area contributed by atoms with Gasteiger partial charge in [-0.1, -0.05) is 29.3 Å². The molecule has 0 aliphatic heterocycles. The number of carbonyl (C=O) groups is 1. The largest absolute Gasteiger partial charge is 0.489 e. The fourth-order valence-electron chi connectivity index (χ4n) is 1.55. The summed E-state index contributed by atoms with van der Waals surface area (Å²) in [6.07, 6.45) is 0.509. The van der Waals surface area contributed by atoms with E-state index in [0.717, 1.165) is 0 Å². The molecule has 1 amide bonds. The molecule has 0 spiro atoms. The van der Waals surface area contributed by atoms with Gasteiger partial charge in [-0.2, -0.15) is 0 Å². The number of hydrogen-bond donors (Lipinski definition) is 2. The van der Waals surface area contributed by atoms with Crippen LogP contribution in [-0.4, -0.2) is 30.3 Å². The Labute approximate surface area is 131 Å². The first kappa shape index (κ1) is 15.7. The number of carbonyl (C=O) groups excluding carboxylic acids is 1. The van der Waals surface area contributed by atoms with Crippen LogP contribution in [0.3, 0.4) is 0 Å². The predicted molar refractivity (Wildman–Crippen MR) is 79.0 cm³/mol. The van der Waals surface area contributed by atoms with E-state index in [1.807, 2.05) is 0 Å². The second kappa shape index (κ2) is 7.36. The molecule has 0 bridgehead atoms. The highest BCUT2D eigenvalue weighted by molar-refractivity contribution is 6.42. The first-order chi connectivity index (χ1) is 10.1. The second-order valence-electron chi connectivity index (χ2n) is 4.20. The molecule has 0 saturated carbocycles. The molecule has 2 aromatic rings. The smallest absolute Gasteiger partial charge is 0.287 e. The van der Waals surface area contributed by atoms with Crippen molar-refractivity contribution in [1.82, 2.24) is 5.32 Å². The third kappa shape index (κ3) is 4.39. The lowest BCUT2D eigenvalue weighted by molar-refractivity contribution is 0.0822. The van der Waals surface area contributed by atoms with Gasteiger partial charge in [0.2, 0.25) is 0 Å². The Bertz CT molecular complexity index is 601. The molecule has 0 radical (unpaired) electrons. The normalized spacial score (nSPS) is 12.0. The van der Waals surface area contributed by atoms with Crippen molar-refractivity contribution in [3.05, 3.63) is 52.4 Å². The number of nitrogens with one attached hydrogen (secondary N) is 1. The molecule has 0 aliphatic carbocycles. The summed E-state index contributed by atoms with van der Waals surface area (Å²) in [5.74, 6) is 0.154. The van der Waals surface area contributed by atoms with Crippen LogP contribution in [0.25, 0.3) is 0 Å². The fraction of sp³-hybridized carbons (Fsp3) is 0.214. The molecule has 0 unspecified atom stereocenters. The molecule has 5 nitrogen and oxygen atoms in total. The van der Waals surface area contributed by atoms with Crippen LogP contribution in [0.5, 0.6) is 5.75 Å². The average molecular weight is 330 g/mol. The number of ether oxygens (including phenoxy) is 1. The van der Waals surface area contributed by atoms with Crippen LogP contribution in [0, 0.1) is 0 Å². The fourth-order valence-corrected chi connectivity index (χ4v) is 1.89. The van der Waals surface area contributed by atoms with Gasteiger partial charge in [0, 0.05) is 6.54 Å². The van der Waals surface area contributed by atoms with Gasteiger partial charge in [-0.05, 0) is 24.3 Å². The number of halogens is 2. The summed E-state index contributed by atoms with van der Waals surface area (Å²) in [7, 11) is 0. The molecule has 1 heterocycles. The summed E-state index contributed by atoms with van der Waals surface area (Å²) in [5, 5.41) is 12.9. The summed E-state index contributed by atoms with van der Waals surface area (Å²) in [6, 6.07) is 8.10. The van der Waals surface area contributed by atoms with Crippen molar-refractivity contribution < 1.29 is 19.1 Å². The van der Waals surface area contributed by atoms with Crippen LogP contribution in [0.4, 0.5) is 0 Å². The SMILES string of the molecule is O=C(NC[C@@H](O)COc1cccc(Cl)c1Cl)c1ccco1. The number of amides is 1. The molecular weight excluding hydrogens is 317 g/mol. The standard InChI is InChI=1S/C14H13Cl2NO4/c15-10-3-1-4-11(13(10)16)21-8-9(18)7-17-14(19)12-5-2-6-20-12/h1-6,9,18H,7-8H2,(H,17,19)/t9-/m1/s1. The van der Waals surface area contributed by atoms with Crippen molar-refractivity contribution in [2.24, 2.45) is 0 Å². The van der Waals surface area contributed by atoms with Gasteiger partial charge < -0.3 is 19.6 Å². The van der Waals surface area contributed by atoms with E-state index < -0.39 is 12.0 Å². The highest BCUT2D eigenvalue weighted by atomic mass is 35.5. The molecule has 2 rings (SSSR count). The molecule has 1 aromatic carbocycles. The molecule has 0 saturated heterocycles. The van der Waals surface area contributed by atoms with Crippen LogP contribution in [0.2, 0.25) is 10.0 Å². The highest BCUT2D eigenvalue weighted by Crippen LogP contribution is 2.31. The Morgan fingerprint density at radius 1 is 1.33 bits per heavy atom. The Balaban J connectivity index is 1.78. The number of hydrogen-bond acceptors (Lipinski definition) is 4. The van der Waals surface area contributed by atoms with E-state index in [0.29, 0.717) is 10.8 Å². The van der Waals surface area contributed by atoms with E-state index in [-0.39, 0.29) is 23.9 Å². The van der Waals surface area contributed by atoms with Gasteiger partial charge in [-0.3, -0.25) is 4.79 Å². The predicted octanol–water partition coefficient (Wildman–Crippen LogP) is 2.76. The van der Waals surface area contributed by atoms with Crippen LogP contribution in [0.1, 0.15) is 10.6 Å². The van der Waals surface area contributed by atoms with E-state index in [4.69, 9.17) is 32.4 Å². The average Bonchev–Trinajstić information content (AvgIpc) is 3.00. The highest BCUT2D eigenvalue weighted by Gasteiger charge is 2.12. The molecule has 0 fully saturated rings. The van der Waals surface area contributed by atoms with Crippen molar-refractivity contribution in [1.29, 1.82) is 0 Å². The maximum Gasteiger partial charge on any atom is 0.287 e. The first-order valence-electron chi connectivity index (χ1n) is 6.14. The summed E-state index contributed by atoms with van der Waals surface area (Å²) in [5.41, 5.74) is 0. The zero-order valence-electron chi connectivity index (χ0n) is 10.9. The Morgan fingerprint density at radius 2 is 2.14 bits per heavy atom.